The molecule has 0 saturated heterocycles. The molecule has 7 heteroatoms. The number of carboxylic acid groups (broad SMARTS) is 1. The largest absolute Gasteiger partial charge is 0.481 e. The number of hydrogen-bond donors (Lipinski definition) is 3. The van der Waals surface area contributed by atoms with Crippen LogP contribution in [0.3, 0.4) is 0 Å². The van der Waals surface area contributed by atoms with Gasteiger partial charge in [0.15, 0.2) is 0 Å². The second-order valence-electron chi connectivity index (χ2n) is 7.78. The van der Waals surface area contributed by atoms with E-state index in [1.54, 1.807) is 24.3 Å². The number of benzene rings is 3. The SMILES string of the molecule is O=C(O)Cc1ccccc1NC(=O)CCNC(=O)OCC1c2ccccc2-c2ccccc21. The van der Waals surface area contributed by atoms with Gasteiger partial charge in [0.1, 0.15) is 6.61 Å². The van der Waals surface area contributed by atoms with E-state index < -0.39 is 12.1 Å². The molecule has 1 aliphatic rings. The Morgan fingerprint density at radius 3 is 2.12 bits per heavy atom. The third kappa shape index (κ3) is 5.20. The van der Waals surface area contributed by atoms with E-state index in [2.05, 4.69) is 22.8 Å². The molecule has 4 rings (SSSR count). The van der Waals surface area contributed by atoms with Crippen molar-refractivity contribution in [2.75, 3.05) is 18.5 Å². The molecule has 0 aliphatic heterocycles. The van der Waals surface area contributed by atoms with Crippen LogP contribution >= 0.6 is 0 Å². The number of amides is 2. The number of para-hydroxylation sites is 1. The van der Waals surface area contributed by atoms with Crippen LogP contribution in [-0.2, 0) is 20.7 Å². The molecule has 7 nitrogen and oxygen atoms in total. The van der Waals surface area contributed by atoms with Crippen molar-refractivity contribution in [1.82, 2.24) is 5.32 Å². The summed E-state index contributed by atoms with van der Waals surface area (Å²) in [5, 5.41) is 14.3. The smallest absolute Gasteiger partial charge is 0.407 e. The van der Waals surface area contributed by atoms with Crippen molar-refractivity contribution in [3.05, 3.63) is 89.5 Å². The highest BCUT2D eigenvalue weighted by Gasteiger charge is 2.28. The number of alkyl carbamates (subject to hydrolysis) is 1. The lowest BCUT2D eigenvalue weighted by molar-refractivity contribution is -0.136. The van der Waals surface area contributed by atoms with Gasteiger partial charge in [0.2, 0.25) is 5.91 Å². The van der Waals surface area contributed by atoms with E-state index >= 15 is 0 Å². The minimum Gasteiger partial charge on any atom is -0.481 e. The van der Waals surface area contributed by atoms with Gasteiger partial charge in [-0.25, -0.2) is 4.79 Å². The average molecular weight is 444 g/mol. The first-order chi connectivity index (χ1) is 16.0. The topological polar surface area (TPSA) is 105 Å². The fraction of sp³-hybridized carbons (Fsp3) is 0.192. The minimum atomic E-state index is -0.978. The van der Waals surface area contributed by atoms with E-state index in [-0.39, 0.29) is 37.8 Å². The number of aliphatic carboxylic acids is 1. The molecule has 0 heterocycles. The quantitative estimate of drug-likeness (QED) is 0.483. The molecular formula is C26H24N2O5. The molecule has 33 heavy (non-hydrogen) atoms. The summed E-state index contributed by atoms with van der Waals surface area (Å²) < 4.78 is 5.46. The minimum absolute atomic E-state index is 0.0304. The Hall–Kier alpha value is -4.13. The van der Waals surface area contributed by atoms with Gasteiger partial charge in [-0.1, -0.05) is 66.7 Å². The Balaban J connectivity index is 1.26. The van der Waals surface area contributed by atoms with Crippen LogP contribution in [0.15, 0.2) is 72.8 Å². The van der Waals surface area contributed by atoms with Crippen LogP contribution in [-0.4, -0.2) is 36.2 Å². The standard InChI is InChI=1S/C26H24N2O5/c29-24(28-23-12-6-1-7-17(23)15-25(30)31)13-14-27-26(32)33-16-22-20-10-4-2-8-18(20)19-9-3-5-11-21(19)22/h1-12,22H,13-16H2,(H,27,32)(H,28,29)(H,30,31). The van der Waals surface area contributed by atoms with Crippen LogP contribution < -0.4 is 10.6 Å². The molecule has 3 aromatic rings. The van der Waals surface area contributed by atoms with E-state index in [4.69, 9.17) is 9.84 Å². The fourth-order valence-electron chi connectivity index (χ4n) is 4.10. The van der Waals surface area contributed by atoms with Crippen LogP contribution in [0, 0.1) is 0 Å². The van der Waals surface area contributed by atoms with E-state index in [9.17, 15) is 14.4 Å². The predicted octanol–water partition coefficient (Wildman–Crippen LogP) is 4.18. The number of carbonyl (C=O) groups is 3. The van der Waals surface area contributed by atoms with Crippen molar-refractivity contribution < 1.29 is 24.2 Å². The number of nitrogens with one attached hydrogen (secondary N) is 2. The van der Waals surface area contributed by atoms with Gasteiger partial charge in [0.05, 0.1) is 6.42 Å². The second-order valence-corrected chi connectivity index (χ2v) is 7.78. The molecule has 168 valence electrons. The molecule has 0 radical (unpaired) electrons. The summed E-state index contributed by atoms with van der Waals surface area (Å²) in [6.07, 6.45) is -0.740. The van der Waals surface area contributed by atoms with Crippen LogP contribution in [0.25, 0.3) is 11.1 Å². The average Bonchev–Trinajstić information content (AvgIpc) is 3.12. The molecule has 0 fully saturated rings. The maximum atomic E-state index is 12.2. The number of anilines is 1. The first-order valence-corrected chi connectivity index (χ1v) is 10.7. The van der Waals surface area contributed by atoms with Crippen molar-refractivity contribution in [2.45, 2.75) is 18.8 Å². The molecule has 0 atom stereocenters. The number of carboxylic acids is 1. The first-order valence-electron chi connectivity index (χ1n) is 10.7. The third-order valence-corrected chi connectivity index (χ3v) is 5.60. The van der Waals surface area contributed by atoms with E-state index in [1.807, 2.05) is 36.4 Å². The lowest BCUT2D eigenvalue weighted by atomic mass is 9.98. The summed E-state index contributed by atoms with van der Waals surface area (Å²) in [5.74, 6) is -1.34. The number of carbonyl (C=O) groups excluding carboxylic acids is 2. The first kappa shape index (κ1) is 22.1. The zero-order valence-electron chi connectivity index (χ0n) is 17.9. The van der Waals surface area contributed by atoms with E-state index in [1.165, 1.54) is 0 Å². The maximum Gasteiger partial charge on any atom is 0.407 e. The Bertz CT molecular complexity index is 1150. The van der Waals surface area contributed by atoms with Crippen molar-refractivity contribution >= 4 is 23.7 Å². The molecule has 0 unspecified atom stereocenters. The van der Waals surface area contributed by atoms with Crippen LogP contribution in [0.2, 0.25) is 0 Å². The molecule has 3 aromatic carbocycles. The molecule has 0 spiro atoms. The molecule has 0 aromatic heterocycles. The van der Waals surface area contributed by atoms with Gasteiger partial charge in [0.25, 0.3) is 0 Å². The Labute approximate surface area is 191 Å². The Morgan fingerprint density at radius 2 is 1.45 bits per heavy atom. The highest BCUT2D eigenvalue weighted by molar-refractivity contribution is 5.92. The zero-order chi connectivity index (χ0) is 23.2. The van der Waals surface area contributed by atoms with Crippen molar-refractivity contribution in [3.8, 4) is 11.1 Å². The summed E-state index contributed by atoms with van der Waals surface area (Å²) in [7, 11) is 0. The summed E-state index contributed by atoms with van der Waals surface area (Å²) in [6, 6.07) is 22.9. The Morgan fingerprint density at radius 1 is 0.848 bits per heavy atom. The van der Waals surface area contributed by atoms with Crippen molar-refractivity contribution in [3.63, 3.8) is 0 Å². The number of fused-ring (bicyclic) bond motifs is 3. The second kappa shape index (κ2) is 9.99. The van der Waals surface area contributed by atoms with Crippen LogP contribution in [0.1, 0.15) is 29.0 Å². The highest BCUT2D eigenvalue weighted by atomic mass is 16.5. The lowest BCUT2D eigenvalue weighted by Gasteiger charge is -2.14. The molecule has 0 saturated carbocycles. The number of ether oxygens (including phenoxy) is 1. The van der Waals surface area contributed by atoms with Gasteiger partial charge in [-0.2, -0.15) is 0 Å². The maximum absolute atomic E-state index is 12.2. The fourth-order valence-corrected chi connectivity index (χ4v) is 4.10. The normalized spacial score (nSPS) is 11.9. The Kier molecular flexibility index (Phi) is 6.69. The lowest BCUT2D eigenvalue weighted by Crippen LogP contribution is -2.29. The van der Waals surface area contributed by atoms with Gasteiger partial charge >= 0.3 is 12.1 Å². The summed E-state index contributed by atoms with van der Waals surface area (Å²) in [5.41, 5.74) is 5.54. The number of hydrogen-bond acceptors (Lipinski definition) is 4. The monoisotopic (exact) mass is 444 g/mol. The van der Waals surface area contributed by atoms with Gasteiger partial charge in [0, 0.05) is 24.6 Å². The molecule has 1 aliphatic carbocycles. The summed E-state index contributed by atoms with van der Waals surface area (Å²) in [4.78, 5) is 35.4. The molecule has 3 N–H and O–H groups in total. The van der Waals surface area contributed by atoms with Gasteiger partial charge in [-0.05, 0) is 33.9 Å². The zero-order valence-corrected chi connectivity index (χ0v) is 17.9. The number of rotatable bonds is 8. The molecule has 2 amide bonds. The van der Waals surface area contributed by atoms with Gasteiger partial charge in [-0.15, -0.1) is 0 Å². The predicted molar refractivity (Wildman–Crippen MR) is 124 cm³/mol. The third-order valence-electron chi connectivity index (χ3n) is 5.60. The van der Waals surface area contributed by atoms with E-state index in [0.29, 0.717) is 11.3 Å². The van der Waals surface area contributed by atoms with Crippen LogP contribution in [0.5, 0.6) is 0 Å². The van der Waals surface area contributed by atoms with Gasteiger partial charge in [-0.3, -0.25) is 9.59 Å². The van der Waals surface area contributed by atoms with Crippen LogP contribution in [0.4, 0.5) is 10.5 Å². The highest BCUT2D eigenvalue weighted by Crippen LogP contribution is 2.44. The van der Waals surface area contributed by atoms with E-state index in [0.717, 1.165) is 22.3 Å². The molecular weight excluding hydrogens is 420 g/mol. The van der Waals surface area contributed by atoms with Crippen molar-refractivity contribution in [1.29, 1.82) is 0 Å². The summed E-state index contributed by atoms with van der Waals surface area (Å²) >= 11 is 0. The van der Waals surface area contributed by atoms with Crippen molar-refractivity contribution in [2.24, 2.45) is 0 Å². The summed E-state index contributed by atoms with van der Waals surface area (Å²) in [6.45, 7) is 0.304. The van der Waals surface area contributed by atoms with Gasteiger partial charge < -0.3 is 20.5 Å². The molecule has 0 bridgehead atoms.